The Kier molecular flexibility index (Phi) is 5.08. The lowest BCUT2D eigenvalue weighted by atomic mass is 9.91. The zero-order valence-electron chi connectivity index (χ0n) is 14.2. The summed E-state index contributed by atoms with van der Waals surface area (Å²) in [4.78, 5) is 3.99. The lowest BCUT2D eigenvalue weighted by Gasteiger charge is -2.46. The number of ether oxygens (including phenoxy) is 4. The van der Waals surface area contributed by atoms with Gasteiger partial charge in [0.15, 0.2) is 18.2 Å². The van der Waals surface area contributed by atoms with Gasteiger partial charge in [0.25, 0.3) is 0 Å². The van der Waals surface area contributed by atoms with Crippen LogP contribution in [0.1, 0.15) is 20.8 Å². The highest BCUT2D eigenvalue weighted by Gasteiger charge is 2.60. The normalized spacial score (nSPS) is 53.1. The largest absolute Gasteiger partial charge is 0.424 e. The summed E-state index contributed by atoms with van der Waals surface area (Å²) in [5.41, 5.74) is 0. The molecule has 0 aliphatic carbocycles. The van der Waals surface area contributed by atoms with Crippen LogP contribution in [0.3, 0.4) is 0 Å². The molecule has 3 aliphatic rings. The minimum Gasteiger partial charge on any atom is -0.424 e. The minimum absolute atomic E-state index is 0.121. The first-order chi connectivity index (χ1) is 11.7. The van der Waals surface area contributed by atoms with E-state index in [0.29, 0.717) is 0 Å². The van der Waals surface area contributed by atoms with Gasteiger partial charge in [-0.2, -0.15) is 0 Å². The molecular formula is C15H25NO9. The second-order valence-electron chi connectivity index (χ2n) is 6.81. The second-order valence-corrected chi connectivity index (χ2v) is 6.81. The van der Waals surface area contributed by atoms with E-state index in [2.05, 4.69) is 4.99 Å². The highest BCUT2D eigenvalue weighted by Crippen LogP contribution is 2.38. The Morgan fingerprint density at radius 3 is 2.48 bits per heavy atom. The van der Waals surface area contributed by atoms with Gasteiger partial charge in [-0.3, -0.25) is 0 Å². The molecule has 0 aromatic carbocycles. The third-order valence-corrected chi connectivity index (χ3v) is 5.06. The van der Waals surface area contributed by atoms with Crippen molar-refractivity contribution in [3.05, 3.63) is 0 Å². The van der Waals surface area contributed by atoms with Crippen LogP contribution in [0.4, 0.5) is 0 Å². The molecule has 0 saturated carbocycles. The maximum atomic E-state index is 10.6. The van der Waals surface area contributed by atoms with Gasteiger partial charge in [-0.15, -0.1) is 0 Å². The lowest BCUT2D eigenvalue weighted by molar-refractivity contribution is -0.406. The molecule has 2 fully saturated rings. The van der Waals surface area contributed by atoms with Crippen LogP contribution < -0.4 is 0 Å². The number of fused-ring (bicyclic) bond motifs is 1. The number of rotatable bonds is 3. The molecule has 0 amide bonds. The molecule has 144 valence electrons. The molecule has 25 heavy (non-hydrogen) atoms. The van der Waals surface area contributed by atoms with Crippen molar-refractivity contribution in [3.8, 4) is 0 Å². The van der Waals surface area contributed by atoms with Gasteiger partial charge in [0.1, 0.15) is 24.4 Å². The van der Waals surface area contributed by atoms with Crippen LogP contribution in [0.25, 0.3) is 0 Å². The standard InChI is InChI=1S/C15H25NO9/c1-5-6(2)22-14(10(19)9(5)18)23-12-8(4-17)25-15(21)13(11(12)20)16-7(3)24-15/h5-6,8-14,17-21H,4H2,1-3H3/t5-,6?,8?,9-,10?,11-,12+,13?,14-,15+/m0/s1. The van der Waals surface area contributed by atoms with Gasteiger partial charge >= 0.3 is 5.97 Å². The first-order valence-electron chi connectivity index (χ1n) is 8.27. The Morgan fingerprint density at radius 1 is 1.16 bits per heavy atom. The van der Waals surface area contributed by atoms with E-state index >= 15 is 0 Å². The molecule has 0 spiro atoms. The molecule has 10 heteroatoms. The fraction of sp³-hybridized carbons (Fsp3) is 0.933. The molecule has 2 saturated heterocycles. The quantitative estimate of drug-likeness (QED) is 0.372. The Balaban J connectivity index is 1.78. The van der Waals surface area contributed by atoms with E-state index in [1.165, 1.54) is 6.92 Å². The number of aliphatic hydroxyl groups is 5. The van der Waals surface area contributed by atoms with E-state index in [-0.39, 0.29) is 11.8 Å². The van der Waals surface area contributed by atoms with Gasteiger partial charge in [-0.05, 0) is 6.92 Å². The number of hydrogen-bond acceptors (Lipinski definition) is 10. The first-order valence-corrected chi connectivity index (χ1v) is 8.27. The van der Waals surface area contributed by atoms with E-state index in [0.717, 1.165) is 0 Å². The second kappa shape index (κ2) is 6.71. The molecule has 10 atom stereocenters. The fourth-order valence-corrected chi connectivity index (χ4v) is 3.39. The average molecular weight is 363 g/mol. The van der Waals surface area contributed by atoms with Crippen LogP contribution in [0.15, 0.2) is 4.99 Å². The lowest BCUT2D eigenvalue weighted by Crippen LogP contribution is -2.66. The van der Waals surface area contributed by atoms with Crippen molar-refractivity contribution in [1.82, 2.24) is 0 Å². The van der Waals surface area contributed by atoms with Crippen molar-refractivity contribution in [2.24, 2.45) is 10.9 Å². The van der Waals surface area contributed by atoms with E-state index in [9.17, 15) is 25.5 Å². The average Bonchev–Trinajstić information content (AvgIpc) is 2.87. The topological polar surface area (TPSA) is 150 Å². The molecule has 10 nitrogen and oxygen atoms in total. The van der Waals surface area contributed by atoms with Crippen molar-refractivity contribution < 1.29 is 44.5 Å². The van der Waals surface area contributed by atoms with Gasteiger partial charge < -0.3 is 44.5 Å². The Bertz CT molecular complexity index is 531. The molecule has 0 radical (unpaired) electrons. The van der Waals surface area contributed by atoms with Crippen LogP contribution in [-0.4, -0.2) is 93.0 Å². The molecule has 5 N–H and O–H groups in total. The van der Waals surface area contributed by atoms with Crippen LogP contribution in [0, 0.1) is 5.92 Å². The fourth-order valence-electron chi connectivity index (χ4n) is 3.39. The summed E-state index contributed by atoms with van der Waals surface area (Å²) < 4.78 is 21.6. The smallest absolute Gasteiger partial charge is 0.352 e. The molecule has 0 bridgehead atoms. The van der Waals surface area contributed by atoms with Crippen molar-refractivity contribution >= 4 is 5.90 Å². The Labute approximate surface area is 144 Å². The number of hydrogen-bond donors (Lipinski definition) is 5. The molecule has 4 unspecified atom stereocenters. The predicted octanol–water partition coefficient (Wildman–Crippen LogP) is -2.31. The van der Waals surface area contributed by atoms with Gasteiger partial charge in [0, 0.05) is 12.8 Å². The number of nitrogens with zero attached hydrogens (tertiary/aromatic N) is 1. The summed E-state index contributed by atoms with van der Waals surface area (Å²) in [5.74, 6) is -2.38. The third-order valence-electron chi connectivity index (χ3n) is 5.06. The van der Waals surface area contributed by atoms with Gasteiger partial charge in [-0.25, -0.2) is 4.99 Å². The molecule has 0 aromatic heterocycles. The van der Waals surface area contributed by atoms with Crippen molar-refractivity contribution in [2.75, 3.05) is 6.61 Å². The summed E-state index contributed by atoms with van der Waals surface area (Å²) in [6.45, 7) is 4.36. The number of aliphatic hydroxyl groups excluding tert-OH is 4. The van der Waals surface area contributed by atoms with E-state index in [1.807, 2.05) is 0 Å². The SMILES string of the molecule is CC1=NC2[C@@H](O)[C@H](O[C@@H]3OC(C)[C@H](C)[C@H](O)C3O)C(CO)O[C@]2(O)O1. The Hall–Kier alpha value is -0.850. The molecule has 0 aromatic rings. The van der Waals surface area contributed by atoms with E-state index in [1.54, 1.807) is 13.8 Å². The van der Waals surface area contributed by atoms with E-state index in [4.69, 9.17) is 18.9 Å². The third kappa shape index (κ3) is 3.17. The van der Waals surface area contributed by atoms with Crippen molar-refractivity contribution in [3.63, 3.8) is 0 Å². The summed E-state index contributed by atoms with van der Waals surface area (Å²) in [6.07, 6.45) is -7.77. The minimum atomic E-state index is -2.19. The van der Waals surface area contributed by atoms with Gasteiger partial charge in [-0.1, -0.05) is 6.92 Å². The van der Waals surface area contributed by atoms with Crippen molar-refractivity contribution in [1.29, 1.82) is 0 Å². The van der Waals surface area contributed by atoms with Crippen LogP contribution in [-0.2, 0) is 18.9 Å². The zero-order valence-corrected chi connectivity index (χ0v) is 14.2. The van der Waals surface area contributed by atoms with Crippen molar-refractivity contribution in [2.45, 2.75) is 75.7 Å². The van der Waals surface area contributed by atoms with Crippen LogP contribution in [0.2, 0.25) is 0 Å². The molecular weight excluding hydrogens is 338 g/mol. The molecule has 3 rings (SSSR count). The van der Waals surface area contributed by atoms with Gasteiger partial charge in [0.2, 0.25) is 0 Å². The highest BCUT2D eigenvalue weighted by atomic mass is 16.8. The predicted molar refractivity (Wildman–Crippen MR) is 81.3 cm³/mol. The number of aliphatic imine (C=N–C) groups is 1. The van der Waals surface area contributed by atoms with Gasteiger partial charge in [0.05, 0.1) is 18.8 Å². The summed E-state index contributed by atoms with van der Waals surface area (Å²) in [7, 11) is 0. The first kappa shape index (κ1) is 18.9. The maximum absolute atomic E-state index is 10.6. The molecule has 3 heterocycles. The Morgan fingerprint density at radius 2 is 1.84 bits per heavy atom. The summed E-state index contributed by atoms with van der Waals surface area (Å²) >= 11 is 0. The highest BCUT2D eigenvalue weighted by molar-refractivity contribution is 5.75. The van der Waals surface area contributed by atoms with Crippen LogP contribution >= 0.6 is 0 Å². The summed E-state index contributed by atoms with van der Waals surface area (Å²) in [6, 6.07) is -1.18. The monoisotopic (exact) mass is 363 g/mol. The maximum Gasteiger partial charge on any atom is 0.352 e. The van der Waals surface area contributed by atoms with Crippen LogP contribution in [0.5, 0.6) is 0 Å². The summed E-state index contributed by atoms with van der Waals surface area (Å²) in [5, 5.41) is 50.7. The molecule has 3 aliphatic heterocycles. The zero-order chi connectivity index (χ0) is 18.5. The van der Waals surface area contributed by atoms with E-state index < -0.39 is 61.5 Å².